The molecule has 0 radical (unpaired) electrons. The number of hydrogen-bond acceptors (Lipinski definition) is 5. The smallest absolute Gasteiger partial charge is 0.276 e. The summed E-state index contributed by atoms with van der Waals surface area (Å²) < 4.78 is 5.70. The predicted molar refractivity (Wildman–Crippen MR) is 82.4 cm³/mol. The van der Waals surface area contributed by atoms with Crippen LogP contribution in [0.3, 0.4) is 0 Å². The first-order chi connectivity index (χ1) is 10.1. The normalized spacial score (nSPS) is 9.81. The van der Waals surface area contributed by atoms with Crippen LogP contribution in [0.2, 0.25) is 0 Å². The molecule has 21 heavy (non-hydrogen) atoms. The molecule has 2 aromatic rings. The minimum atomic E-state index is -0.411. The molecule has 1 aromatic carbocycles. The molecule has 2 rings (SSSR count). The van der Waals surface area contributed by atoms with Crippen molar-refractivity contribution in [2.75, 3.05) is 6.54 Å². The fraction of sp³-hybridized carbons (Fsp3) is 0.200. The van der Waals surface area contributed by atoms with Crippen molar-refractivity contribution in [1.29, 1.82) is 0 Å². The van der Waals surface area contributed by atoms with E-state index in [4.69, 9.17) is 10.5 Å². The van der Waals surface area contributed by atoms with Crippen molar-refractivity contribution in [3.8, 4) is 17.6 Å². The van der Waals surface area contributed by atoms with Crippen molar-refractivity contribution in [3.05, 3.63) is 55.8 Å². The molecule has 1 aromatic heterocycles. The lowest BCUT2D eigenvalue weighted by atomic mass is 10.2. The van der Waals surface area contributed by atoms with E-state index in [1.54, 1.807) is 19.1 Å². The molecule has 0 spiro atoms. The number of thiophene rings is 1. The van der Waals surface area contributed by atoms with Crippen LogP contribution in [0.4, 0.5) is 5.69 Å². The number of nitrogens with two attached hydrogens (primary N) is 1. The van der Waals surface area contributed by atoms with Gasteiger partial charge in [0.1, 0.15) is 12.4 Å². The van der Waals surface area contributed by atoms with Crippen molar-refractivity contribution < 1.29 is 9.66 Å². The van der Waals surface area contributed by atoms with Crippen LogP contribution in [0, 0.1) is 28.9 Å². The van der Waals surface area contributed by atoms with Crippen LogP contribution < -0.4 is 10.5 Å². The van der Waals surface area contributed by atoms with Crippen LogP contribution >= 0.6 is 11.3 Å². The lowest BCUT2D eigenvalue weighted by molar-refractivity contribution is -0.385. The van der Waals surface area contributed by atoms with Crippen LogP contribution in [-0.2, 0) is 6.61 Å². The Balaban J connectivity index is 2.16. The molecule has 108 valence electrons. The number of nitro groups is 1. The third-order valence-electron chi connectivity index (χ3n) is 2.88. The number of ether oxygens (including phenoxy) is 1. The Labute approximate surface area is 126 Å². The maximum atomic E-state index is 10.9. The van der Waals surface area contributed by atoms with E-state index in [0.717, 1.165) is 10.4 Å². The molecule has 0 aliphatic rings. The van der Waals surface area contributed by atoms with Crippen LogP contribution in [-0.4, -0.2) is 11.5 Å². The maximum absolute atomic E-state index is 10.9. The monoisotopic (exact) mass is 302 g/mol. The second-order valence-corrected chi connectivity index (χ2v) is 5.21. The molecule has 0 bridgehead atoms. The topological polar surface area (TPSA) is 78.4 Å². The predicted octanol–water partition coefficient (Wildman–Crippen LogP) is 2.85. The number of nitrogens with zero attached hydrogens (tertiary/aromatic N) is 1. The molecule has 0 aliphatic heterocycles. The van der Waals surface area contributed by atoms with Crippen molar-refractivity contribution in [1.82, 2.24) is 0 Å². The van der Waals surface area contributed by atoms with Gasteiger partial charge in [0, 0.05) is 11.6 Å². The third-order valence-corrected chi connectivity index (χ3v) is 3.78. The zero-order valence-electron chi connectivity index (χ0n) is 11.5. The standard InChI is InChI=1S/C15H14N2O3S/c1-11-13(17(18)19)5-2-6-14(11)20-10-15-12(4-3-8-16)7-9-21-15/h2,5-7,9H,8,10,16H2,1H3. The van der Waals surface area contributed by atoms with Gasteiger partial charge in [0.25, 0.3) is 5.69 Å². The molecule has 5 nitrogen and oxygen atoms in total. The molecule has 0 fully saturated rings. The summed E-state index contributed by atoms with van der Waals surface area (Å²) in [5, 5.41) is 12.8. The van der Waals surface area contributed by atoms with E-state index < -0.39 is 4.92 Å². The second kappa shape index (κ2) is 6.88. The summed E-state index contributed by atoms with van der Waals surface area (Å²) in [7, 11) is 0. The average Bonchev–Trinajstić information content (AvgIpc) is 2.91. The van der Waals surface area contributed by atoms with E-state index in [0.29, 0.717) is 24.5 Å². The summed E-state index contributed by atoms with van der Waals surface area (Å²) in [4.78, 5) is 11.5. The van der Waals surface area contributed by atoms with Gasteiger partial charge in [-0.25, -0.2) is 0 Å². The molecule has 0 aliphatic carbocycles. The van der Waals surface area contributed by atoms with Crippen molar-refractivity contribution in [3.63, 3.8) is 0 Å². The Kier molecular flexibility index (Phi) is 4.93. The van der Waals surface area contributed by atoms with Gasteiger partial charge < -0.3 is 10.5 Å². The van der Waals surface area contributed by atoms with Gasteiger partial charge in [-0.15, -0.1) is 11.3 Å². The minimum absolute atomic E-state index is 0.0572. The van der Waals surface area contributed by atoms with Crippen molar-refractivity contribution in [2.24, 2.45) is 5.73 Å². The molecule has 1 heterocycles. The van der Waals surface area contributed by atoms with Crippen molar-refractivity contribution in [2.45, 2.75) is 13.5 Å². The SMILES string of the molecule is Cc1c(OCc2sccc2C#CCN)cccc1[N+](=O)[O-]. The van der Waals surface area contributed by atoms with Gasteiger partial charge in [0.05, 0.1) is 21.9 Å². The second-order valence-electron chi connectivity index (χ2n) is 4.21. The van der Waals surface area contributed by atoms with E-state index in [1.807, 2.05) is 11.4 Å². The molecule has 0 saturated carbocycles. The molecule has 0 unspecified atom stereocenters. The highest BCUT2D eigenvalue weighted by Gasteiger charge is 2.14. The fourth-order valence-corrected chi connectivity index (χ4v) is 2.55. The fourth-order valence-electron chi connectivity index (χ4n) is 1.81. The van der Waals surface area contributed by atoms with E-state index in [9.17, 15) is 10.1 Å². The Morgan fingerprint density at radius 1 is 1.43 bits per heavy atom. The summed E-state index contributed by atoms with van der Waals surface area (Å²) in [6.45, 7) is 2.31. The van der Waals surface area contributed by atoms with Gasteiger partial charge in [0.2, 0.25) is 0 Å². The largest absolute Gasteiger partial charge is 0.487 e. The van der Waals surface area contributed by atoms with Gasteiger partial charge in [-0.1, -0.05) is 17.9 Å². The Bertz CT molecular complexity index is 713. The van der Waals surface area contributed by atoms with E-state index in [2.05, 4.69) is 11.8 Å². The lowest BCUT2D eigenvalue weighted by Crippen LogP contribution is -1.99. The molecular weight excluding hydrogens is 288 g/mol. The average molecular weight is 302 g/mol. The zero-order chi connectivity index (χ0) is 15.2. The van der Waals surface area contributed by atoms with Crippen LogP contribution in [0.5, 0.6) is 5.75 Å². The summed E-state index contributed by atoms with van der Waals surface area (Å²) in [6.07, 6.45) is 0. The molecule has 0 atom stereocenters. The molecule has 6 heteroatoms. The van der Waals surface area contributed by atoms with E-state index in [-0.39, 0.29) is 5.69 Å². The maximum Gasteiger partial charge on any atom is 0.276 e. The van der Waals surface area contributed by atoms with Gasteiger partial charge in [-0.3, -0.25) is 10.1 Å². The first-order valence-electron chi connectivity index (χ1n) is 6.25. The summed E-state index contributed by atoms with van der Waals surface area (Å²) >= 11 is 1.53. The number of rotatable bonds is 4. The van der Waals surface area contributed by atoms with Gasteiger partial charge in [-0.2, -0.15) is 0 Å². The third kappa shape index (κ3) is 3.60. The molecular formula is C15H14N2O3S. The number of hydrogen-bond donors (Lipinski definition) is 1. The van der Waals surface area contributed by atoms with E-state index in [1.165, 1.54) is 17.4 Å². The summed E-state index contributed by atoms with van der Waals surface area (Å²) in [6, 6.07) is 6.71. The van der Waals surface area contributed by atoms with Gasteiger partial charge in [0.15, 0.2) is 0 Å². The quantitative estimate of drug-likeness (QED) is 0.535. The highest BCUT2D eigenvalue weighted by molar-refractivity contribution is 7.10. The highest BCUT2D eigenvalue weighted by Crippen LogP contribution is 2.28. The van der Waals surface area contributed by atoms with Crippen LogP contribution in [0.1, 0.15) is 16.0 Å². The van der Waals surface area contributed by atoms with Gasteiger partial charge in [-0.05, 0) is 24.4 Å². The summed E-state index contributed by atoms with van der Waals surface area (Å²) in [5.41, 5.74) is 6.82. The Hall–Kier alpha value is -2.36. The molecule has 0 amide bonds. The minimum Gasteiger partial charge on any atom is -0.487 e. The number of nitro benzene ring substituents is 1. The Morgan fingerprint density at radius 3 is 2.95 bits per heavy atom. The van der Waals surface area contributed by atoms with Crippen molar-refractivity contribution >= 4 is 17.0 Å². The first kappa shape index (κ1) is 15.0. The zero-order valence-corrected chi connectivity index (χ0v) is 12.3. The van der Waals surface area contributed by atoms with Gasteiger partial charge >= 0.3 is 0 Å². The molecule has 0 saturated heterocycles. The lowest BCUT2D eigenvalue weighted by Gasteiger charge is -2.08. The van der Waals surface area contributed by atoms with Crippen LogP contribution in [0.25, 0.3) is 0 Å². The summed E-state index contributed by atoms with van der Waals surface area (Å²) in [5.74, 6) is 6.29. The number of benzene rings is 1. The molecule has 2 N–H and O–H groups in total. The van der Waals surface area contributed by atoms with E-state index >= 15 is 0 Å². The van der Waals surface area contributed by atoms with Crippen LogP contribution in [0.15, 0.2) is 29.6 Å². The first-order valence-corrected chi connectivity index (χ1v) is 7.13. The Morgan fingerprint density at radius 2 is 2.24 bits per heavy atom. The highest BCUT2D eigenvalue weighted by atomic mass is 32.1.